The summed E-state index contributed by atoms with van der Waals surface area (Å²) < 4.78 is 17.3. The molecular weight excluding hydrogens is 402 g/mol. The molecule has 30 heavy (non-hydrogen) atoms. The van der Waals surface area contributed by atoms with E-state index in [0.29, 0.717) is 28.5 Å². The lowest BCUT2D eigenvalue weighted by Crippen LogP contribution is -2.23. The average Bonchev–Trinajstić information content (AvgIpc) is 3.39. The van der Waals surface area contributed by atoms with Crippen LogP contribution in [0.1, 0.15) is 57.8 Å². The predicted octanol–water partition coefficient (Wildman–Crippen LogP) is 5.50. The summed E-state index contributed by atoms with van der Waals surface area (Å²) in [6, 6.07) is 9.21. The fraction of sp³-hybridized carbons (Fsp3) is 0.409. The van der Waals surface area contributed by atoms with Crippen LogP contribution in [0.3, 0.4) is 0 Å². The van der Waals surface area contributed by atoms with E-state index in [4.69, 9.17) is 14.0 Å². The van der Waals surface area contributed by atoms with Crippen molar-refractivity contribution in [1.29, 1.82) is 0 Å². The van der Waals surface area contributed by atoms with Gasteiger partial charge in [-0.15, -0.1) is 0 Å². The normalized spacial score (nSPS) is 15.5. The van der Waals surface area contributed by atoms with Crippen LogP contribution in [-0.2, 0) is 4.79 Å². The highest BCUT2D eigenvalue weighted by molar-refractivity contribution is 7.16. The third-order valence-electron chi connectivity index (χ3n) is 5.00. The largest absolute Gasteiger partial charge is 0.490 e. The fourth-order valence-corrected chi connectivity index (χ4v) is 4.21. The quantitative estimate of drug-likeness (QED) is 0.536. The zero-order chi connectivity index (χ0) is 20.9. The predicted molar refractivity (Wildman–Crippen MR) is 114 cm³/mol. The van der Waals surface area contributed by atoms with Crippen molar-refractivity contribution in [1.82, 2.24) is 15.5 Å². The Kier molecular flexibility index (Phi) is 6.32. The van der Waals surface area contributed by atoms with Crippen LogP contribution in [0.25, 0.3) is 10.6 Å². The molecule has 1 aliphatic rings. The van der Waals surface area contributed by atoms with E-state index >= 15 is 0 Å². The average molecular weight is 428 g/mol. The molecule has 3 aromatic rings. The lowest BCUT2D eigenvalue weighted by molar-refractivity contribution is -0.119. The highest BCUT2D eigenvalue weighted by Gasteiger charge is 2.17. The van der Waals surface area contributed by atoms with Crippen LogP contribution in [0.2, 0.25) is 0 Å². The van der Waals surface area contributed by atoms with Crippen molar-refractivity contribution in [2.45, 2.75) is 58.1 Å². The summed E-state index contributed by atoms with van der Waals surface area (Å²) in [6.07, 6.45) is 8.10. The Hall–Kier alpha value is -2.87. The summed E-state index contributed by atoms with van der Waals surface area (Å²) in [5, 5.41) is 7.37. The van der Waals surface area contributed by atoms with Crippen molar-refractivity contribution in [3.8, 4) is 27.3 Å². The van der Waals surface area contributed by atoms with Gasteiger partial charge in [-0.05, 0) is 56.9 Å². The van der Waals surface area contributed by atoms with Crippen LogP contribution in [0.5, 0.6) is 16.7 Å². The van der Waals surface area contributed by atoms with Crippen LogP contribution in [0.15, 0.2) is 41.1 Å². The Bertz CT molecular complexity index is 976. The first-order valence-corrected chi connectivity index (χ1v) is 11.0. The van der Waals surface area contributed by atoms with Crippen molar-refractivity contribution < 1.29 is 18.8 Å². The number of rotatable bonds is 7. The van der Waals surface area contributed by atoms with E-state index in [9.17, 15) is 4.79 Å². The molecule has 4 rings (SSSR count). The molecule has 1 N–H and O–H groups in total. The molecule has 1 atom stereocenters. The van der Waals surface area contributed by atoms with E-state index in [1.54, 1.807) is 12.3 Å². The van der Waals surface area contributed by atoms with Crippen LogP contribution in [-0.4, -0.2) is 22.2 Å². The van der Waals surface area contributed by atoms with Gasteiger partial charge in [-0.25, -0.2) is 4.98 Å². The molecule has 0 bridgehead atoms. The van der Waals surface area contributed by atoms with Crippen molar-refractivity contribution in [2.24, 2.45) is 0 Å². The lowest BCUT2D eigenvalue weighted by Gasteiger charge is -2.22. The summed E-state index contributed by atoms with van der Waals surface area (Å²) >= 11 is 1.38. The molecule has 1 saturated carbocycles. The van der Waals surface area contributed by atoms with Gasteiger partial charge in [0, 0.05) is 13.0 Å². The molecule has 0 spiro atoms. The van der Waals surface area contributed by atoms with Crippen LogP contribution >= 0.6 is 11.3 Å². The summed E-state index contributed by atoms with van der Waals surface area (Å²) in [5.41, 5.74) is 0.658. The van der Waals surface area contributed by atoms with Gasteiger partial charge in [0.05, 0.1) is 23.2 Å². The van der Waals surface area contributed by atoms with E-state index in [0.717, 1.165) is 23.5 Å². The van der Waals surface area contributed by atoms with Crippen molar-refractivity contribution in [3.63, 3.8) is 0 Å². The standard InChI is InChI=1S/C22H25N3O4S/c1-14(24-15(2)26)20-12-19(25-29-20)21-13-23-22(30-21)28-18-10-8-17(9-11-18)27-16-6-4-3-5-7-16/h8-14,16H,3-7H2,1-2H3,(H,24,26). The maximum absolute atomic E-state index is 11.2. The van der Waals surface area contributed by atoms with Crippen LogP contribution in [0.4, 0.5) is 0 Å². The highest BCUT2D eigenvalue weighted by Crippen LogP contribution is 2.34. The van der Waals surface area contributed by atoms with Gasteiger partial charge in [0.15, 0.2) is 5.76 Å². The second kappa shape index (κ2) is 9.30. The lowest BCUT2D eigenvalue weighted by atomic mass is 9.98. The Morgan fingerprint density at radius 2 is 1.93 bits per heavy atom. The number of hydrogen-bond donors (Lipinski definition) is 1. The maximum atomic E-state index is 11.2. The highest BCUT2D eigenvalue weighted by atomic mass is 32.1. The zero-order valence-corrected chi connectivity index (χ0v) is 17.9. The van der Waals surface area contributed by atoms with Crippen molar-refractivity contribution in [2.75, 3.05) is 0 Å². The first-order valence-electron chi connectivity index (χ1n) is 10.2. The second-order valence-corrected chi connectivity index (χ2v) is 8.47. The van der Waals surface area contributed by atoms with E-state index in [2.05, 4.69) is 15.5 Å². The number of carbonyl (C=O) groups is 1. The van der Waals surface area contributed by atoms with Gasteiger partial charge >= 0.3 is 0 Å². The van der Waals surface area contributed by atoms with Gasteiger partial charge in [0.25, 0.3) is 5.19 Å². The molecule has 2 heterocycles. The molecule has 1 aliphatic carbocycles. The molecule has 0 saturated heterocycles. The molecule has 0 aliphatic heterocycles. The number of hydrogen-bond acceptors (Lipinski definition) is 7. The Morgan fingerprint density at radius 1 is 1.20 bits per heavy atom. The van der Waals surface area contributed by atoms with Gasteiger partial charge in [-0.2, -0.15) is 0 Å². The van der Waals surface area contributed by atoms with Gasteiger partial charge in [-0.3, -0.25) is 4.79 Å². The number of carbonyl (C=O) groups excluding carboxylic acids is 1. The topological polar surface area (TPSA) is 86.5 Å². The first kappa shape index (κ1) is 20.4. The number of benzene rings is 1. The third-order valence-corrected chi connectivity index (χ3v) is 5.89. The number of ether oxygens (including phenoxy) is 2. The Balaban J connectivity index is 1.36. The molecule has 1 amide bonds. The monoisotopic (exact) mass is 427 g/mol. The minimum atomic E-state index is -0.248. The maximum Gasteiger partial charge on any atom is 0.279 e. The van der Waals surface area contributed by atoms with E-state index in [-0.39, 0.29) is 11.9 Å². The number of aromatic nitrogens is 2. The first-order chi connectivity index (χ1) is 14.6. The summed E-state index contributed by atoms with van der Waals surface area (Å²) in [6.45, 7) is 3.31. The third kappa shape index (κ3) is 5.18. The van der Waals surface area contributed by atoms with Gasteiger partial charge in [0.2, 0.25) is 5.91 Å². The number of nitrogens with zero attached hydrogens (tertiary/aromatic N) is 2. The summed E-state index contributed by atoms with van der Waals surface area (Å²) in [7, 11) is 0. The number of thiazole rings is 1. The molecule has 2 aromatic heterocycles. The van der Waals surface area contributed by atoms with Gasteiger partial charge in [-0.1, -0.05) is 22.9 Å². The molecule has 1 aromatic carbocycles. The second-order valence-electron chi connectivity index (χ2n) is 7.48. The Labute approximate surface area is 179 Å². The molecule has 0 radical (unpaired) electrons. The molecule has 7 nitrogen and oxygen atoms in total. The smallest absolute Gasteiger partial charge is 0.279 e. The van der Waals surface area contributed by atoms with Gasteiger partial charge < -0.3 is 19.3 Å². The molecular formula is C22H25N3O4S. The van der Waals surface area contributed by atoms with E-state index in [1.807, 2.05) is 31.2 Å². The molecule has 8 heteroatoms. The zero-order valence-electron chi connectivity index (χ0n) is 17.1. The van der Waals surface area contributed by atoms with Gasteiger partial charge in [0.1, 0.15) is 17.2 Å². The minimum absolute atomic E-state index is 0.121. The molecule has 158 valence electrons. The number of nitrogens with one attached hydrogen (secondary N) is 1. The van der Waals surface area contributed by atoms with E-state index in [1.165, 1.54) is 37.5 Å². The summed E-state index contributed by atoms with van der Waals surface area (Å²) in [5.74, 6) is 2.04. The SMILES string of the molecule is CC(=O)NC(C)c1cc(-c2cnc(Oc3ccc(OC4CCCCC4)cc3)s2)no1. The summed E-state index contributed by atoms with van der Waals surface area (Å²) in [4.78, 5) is 16.3. The van der Waals surface area contributed by atoms with Crippen molar-refractivity contribution in [3.05, 3.63) is 42.3 Å². The number of amides is 1. The van der Waals surface area contributed by atoms with Crippen LogP contribution in [0, 0.1) is 0 Å². The fourth-order valence-electron chi connectivity index (χ4n) is 3.47. The molecule has 1 unspecified atom stereocenters. The Morgan fingerprint density at radius 3 is 2.67 bits per heavy atom. The van der Waals surface area contributed by atoms with E-state index < -0.39 is 0 Å². The molecule has 1 fully saturated rings. The minimum Gasteiger partial charge on any atom is -0.490 e. The van der Waals surface area contributed by atoms with Crippen molar-refractivity contribution >= 4 is 17.2 Å². The van der Waals surface area contributed by atoms with Crippen LogP contribution < -0.4 is 14.8 Å².